The lowest BCUT2D eigenvalue weighted by Gasteiger charge is -2.05. The molecule has 0 bridgehead atoms. The summed E-state index contributed by atoms with van der Waals surface area (Å²) in [5.74, 6) is -0.936. The monoisotopic (exact) mass is 314 g/mol. The van der Waals surface area contributed by atoms with Crippen molar-refractivity contribution in [1.82, 2.24) is 15.0 Å². The van der Waals surface area contributed by atoms with E-state index in [0.717, 1.165) is 18.2 Å². The van der Waals surface area contributed by atoms with Gasteiger partial charge in [-0.1, -0.05) is 6.07 Å². The Kier molecular flexibility index (Phi) is 4.80. The SMILES string of the molecule is CC(=O)O.Cc1cc(-c2cnc3cccc(F)c3c2)nc(N)n1. The highest BCUT2D eigenvalue weighted by Crippen LogP contribution is 2.23. The molecule has 0 aliphatic heterocycles. The quantitative estimate of drug-likeness (QED) is 0.716. The van der Waals surface area contributed by atoms with Crippen molar-refractivity contribution >= 4 is 22.8 Å². The van der Waals surface area contributed by atoms with E-state index in [4.69, 9.17) is 15.6 Å². The number of nitrogen functional groups attached to an aromatic ring is 1. The van der Waals surface area contributed by atoms with Gasteiger partial charge in [0.15, 0.2) is 0 Å². The first-order chi connectivity index (χ1) is 10.9. The van der Waals surface area contributed by atoms with Gasteiger partial charge in [-0.15, -0.1) is 0 Å². The van der Waals surface area contributed by atoms with Crippen molar-refractivity contribution in [2.75, 3.05) is 5.73 Å². The van der Waals surface area contributed by atoms with Gasteiger partial charge in [0.05, 0.1) is 11.2 Å². The van der Waals surface area contributed by atoms with E-state index in [9.17, 15) is 4.39 Å². The van der Waals surface area contributed by atoms with E-state index in [1.807, 2.05) is 6.92 Å². The van der Waals surface area contributed by atoms with Crippen LogP contribution in [0.15, 0.2) is 36.5 Å². The molecule has 0 spiro atoms. The number of anilines is 1. The van der Waals surface area contributed by atoms with Crippen LogP contribution in [-0.4, -0.2) is 26.0 Å². The fourth-order valence-electron chi connectivity index (χ4n) is 1.99. The maximum absolute atomic E-state index is 13.7. The summed E-state index contributed by atoms with van der Waals surface area (Å²) in [4.78, 5) is 21.4. The topological polar surface area (TPSA) is 102 Å². The van der Waals surface area contributed by atoms with Crippen LogP contribution in [0.5, 0.6) is 0 Å². The van der Waals surface area contributed by atoms with Crippen molar-refractivity contribution in [2.45, 2.75) is 13.8 Å². The van der Waals surface area contributed by atoms with Crippen LogP contribution in [0.1, 0.15) is 12.6 Å². The number of pyridine rings is 1. The van der Waals surface area contributed by atoms with Gasteiger partial charge >= 0.3 is 0 Å². The Balaban J connectivity index is 0.000000433. The standard InChI is InChI=1S/C14H11FN4.C2H4O2/c1-8-5-13(19-14(16)18-8)9-6-10-11(15)3-2-4-12(10)17-7-9;1-2(3)4/h2-7H,1H3,(H2,16,18,19);1H3,(H,3,4). The summed E-state index contributed by atoms with van der Waals surface area (Å²) in [6.07, 6.45) is 1.66. The van der Waals surface area contributed by atoms with Crippen molar-refractivity contribution in [1.29, 1.82) is 0 Å². The zero-order valence-corrected chi connectivity index (χ0v) is 12.6. The largest absolute Gasteiger partial charge is 0.481 e. The fourth-order valence-corrected chi connectivity index (χ4v) is 1.99. The summed E-state index contributed by atoms with van der Waals surface area (Å²) in [5.41, 5.74) is 8.36. The molecule has 3 rings (SSSR count). The number of aryl methyl sites for hydroxylation is 1. The third-order valence-corrected chi connectivity index (χ3v) is 2.84. The van der Waals surface area contributed by atoms with Crippen LogP contribution in [0.3, 0.4) is 0 Å². The number of carboxylic acid groups (broad SMARTS) is 1. The van der Waals surface area contributed by atoms with Crippen molar-refractivity contribution in [3.8, 4) is 11.3 Å². The van der Waals surface area contributed by atoms with Gasteiger partial charge in [-0.05, 0) is 31.2 Å². The molecular weight excluding hydrogens is 299 g/mol. The van der Waals surface area contributed by atoms with Gasteiger partial charge in [-0.3, -0.25) is 9.78 Å². The number of nitrogens with zero attached hydrogens (tertiary/aromatic N) is 3. The molecule has 3 aromatic rings. The lowest BCUT2D eigenvalue weighted by Crippen LogP contribution is -1.98. The number of aliphatic carboxylic acids is 1. The molecule has 0 atom stereocenters. The van der Waals surface area contributed by atoms with E-state index in [2.05, 4.69) is 15.0 Å². The van der Waals surface area contributed by atoms with E-state index in [0.29, 0.717) is 16.6 Å². The third kappa shape index (κ3) is 4.19. The maximum Gasteiger partial charge on any atom is 0.300 e. The predicted octanol–water partition coefficient (Wildman–Crippen LogP) is 2.81. The van der Waals surface area contributed by atoms with Crippen molar-refractivity contribution in [3.05, 3.63) is 48.0 Å². The molecule has 7 heteroatoms. The van der Waals surface area contributed by atoms with Gasteiger partial charge in [0.25, 0.3) is 5.97 Å². The highest BCUT2D eigenvalue weighted by Gasteiger charge is 2.07. The molecule has 0 unspecified atom stereocenters. The molecule has 0 saturated carbocycles. The van der Waals surface area contributed by atoms with Crippen LogP contribution < -0.4 is 5.73 Å². The number of carbonyl (C=O) groups is 1. The number of halogens is 1. The summed E-state index contributed by atoms with van der Waals surface area (Å²) >= 11 is 0. The van der Waals surface area contributed by atoms with Crippen LogP contribution in [0.2, 0.25) is 0 Å². The first-order valence-corrected chi connectivity index (χ1v) is 6.72. The van der Waals surface area contributed by atoms with E-state index in [1.54, 1.807) is 30.5 Å². The number of hydrogen-bond acceptors (Lipinski definition) is 5. The lowest BCUT2D eigenvalue weighted by atomic mass is 10.1. The number of benzene rings is 1. The molecule has 118 valence electrons. The average Bonchev–Trinajstić information content (AvgIpc) is 2.46. The number of rotatable bonds is 1. The Bertz CT molecular complexity index is 844. The molecule has 0 fully saturated rings. The molecule has 1 aromatic carbocycles. The second kappa shape index (κ2) is 6.78. The van der Waals surface area contributed by atoms with Crippen LogP contribution in [0.4, 0.5) is 10.3 Å². The molecule has 0 saturated heterocycles. The smallest absolute Gasteiger partial charge is 0.300 e. The van der Waals surface area contributed by atoms with Gasteiger partial charge in [0.1, 0.15) is 5.82 Å². The zero-order valence-electron chi connectivity index (χ0n) is 12.6. The molecule has 0 aliphatic carbocycles. The van der Waals surface area contributed by atoms with Crippen LogP contribution in [0, 0.1) is 12.7 Å². The molecule has 6 nitrogen and oxygen atoms in total. The summed E-state index contributed by atoms with van der Waals surface area (Å²) < 4.78 is 13.7. The number of carboxylic acids is 1. The molecule has 2 aromatic heterocycles. The van der Waals surface area contributed by atoms with Gasteiger partial charge < -0.3 is 10.8 Å². The fraction of sp³-hybridized carbons (Fsp3) is 0.125. The lowest BCUT2D eigenvalue weighted by molar-refractivity contribution is -0.134. The van der Waals surface area contributed by atoms with E-state index in [1.165, 1.54) is 6.07 Å². The molecular formula is C16H15FN4O2. The minimum absolute atomic E-state index is 0.198. The van der Waals surface area contributed by atoms with E-state index in [-0.39, 0.29) is 11.8 Å². The number of hydrogen-bond donors (Lipinski definition) is 2. The van der Waals surface area contributed by atoms with Gasteiger partial charge in [0.2, 0.25) is 5.95 Å². The molecule has 0 radical (unpaired) electrons. The van der Waals surface area contributed by atoms with Crippen molar-refractivity contribution in [2.24, 2.45) is 0 Å². The molecule has 23 heavy (non-hydrogen) atoms. The minimum atomic E-state index is -0.833. The van der Waals surface area contributed by atoms with Crippen LogP contribution in [-0.2, 0) is 4.79 Å². The highest BCUT2D eigenvalue weighted by molar-refractivity contribution is 5.83. The van der Waals surface area contributed by atoms with Crippen molar-refractivity contribution in [3.63, 3.8) is 0 Å². The second-order valence-electron chi connectivity index (χ2n) is 4.80. The highest BCUT2D eigenvalue weighted by atomic mass is 19.1. The Morgan fingerprint density at radius 2 is 1.96 bits per heavy atom. The molecule has 0 aliphatic rings. The first kappa shape index (κ1) is 16.3. The number of aromatic nitrogens is 3. The van der Waals surface area contributed by atoms with Gasteiger partial charge in [-0.2, -0.15) is 0 Å². The Hall–Kier alpha value is -3.09. The first-order valence-electron chi connectivity index (χ1n) is 6.72. The maximum atomic E-state index is 13.7. The minimum Gasteiger partial charge on any atom is -0.481 e. The second-order valence-corrected chi connectivity index (χ2v) is 4.80. The molecule has 3 N–H and O–H groups in total. The van der Waals surface area contributed by atoms with Gasteiger partial charge in [-0.25, -0.2) is 14.4 Å². The number of nitrogens with two attached hydrogens (primary N) is 1. The molecule has 0 amide bonds. The van der Waals surface area contributed by atoms with E-state index < -0.39 is 5.97 Å². The summed E-state index contributed by atoms with van der Waals surface area (Å²) in [6, 6.07) is 8.32. The normalized spacial score (nSPS) is 10.0. The predicted molar refractivity (Wildman–Crippen MR) is 85.2 cm³/mol. The third-order valence-electron chi connectivity index (χ3n) is 2.84. The Morgan fingerprint density at radius 3 is 2.61 bits per heavy atom. The average molecular weight is 314 g/mol. The van der Waals surface area contributed by atoms with Crippen LogP contribution >= 0.6 is 0 Å². The summed E-state index contributed by atoms with van der Waals surface area (Å²) in [5, 5.41) is 7.88. The Morgan fingerprint density at radius 1 is 1.26 bits per heavy atom. The summed E-state index contributed by atoms with van der Waals surface area (Å²) in [6.45, 7) is 2.91. The van der Waals surface area contributed by atoms with Gasteiger partial charge in [0, 0.05) is 29.8 Å². The Labute approximate surface area is 131 Å². The zero-order chi connectivity index (χ0) is 17.0. The van der Waals surface area contributed by atoms with Crippen molar-refractivity contribution < 1.29 is 14.3 Å². The molecule has 2 heterocycles. The summed E-state index contributed by atoms with van der Waals surface area (Å²) in [7, 11) is 0. The number of fused-ring (bicyclic) bond motifs is 1. The van der Waals surface area contributed by atoms with E-state index >= 15 is 0 Å². The van der Waals surface area contributed by atoms with Crippen LogP contribution in [0.25, 0.3) is 22.2 Å².